The lowest BCUT2D eigenvalue weighted by Gasteiger charge is -2.26. The van der Waals surface area contributed by atoms with Crippen molar-refractivity contribution < 1.29 is 13.9 Å². The van der Waals surface area contributed by atoms with E-state index in [1.54, 1.807) is 23.0 Å². The largest absolute Gasteiger partial charge is 0.486 e. The van der Waals surface area contributed by atoms with Gasteiger partial charge in [-0.15, -0.1) is 0 Å². The van der Waals surface area contributed by atoms with Gasteiger partial charge in [0.05, 0.1) is 12.2 Å². The summed E-state index contributed by atoms with van der Waals surface area (Å²) < 4.78 is 13.2. The van der Waals surface area contributed by atoms with Gasteiger partial charge >= 0.3 is 0 Å². The molecule has 0 aliphatic rings. The van der Waals surface area contributed by atoms with Crippen molar-refractivity contribution in [1.82, 2.24) is 15.1 Å². The Labute approximate surface area is 187 Å². The number of nitrogens with one attached hydrogen (secondary N) is 1. The molecular formula is C26H27N3O3. The van der Waals surface area contributed by atoms with Crippen LogP contribution in [0.25, 0.3) is 0 Å². The van der Waals surface area contributed by atoms with Crippen molar-refractivity contribution in [3.05, 3.63) is 107 Å². The first-order chi connectivity index (χ1) is 15.4. The topological polar surface area (TPSA) is 69.3 Å². The summed E-state index contributed by atoms with van der Waals surface area (Å²) in [4.78, 5) is 12.3. The molecule has 0 aliphatic heterocycles. The fraction of sp³-hybridized carbons (Fsp3) is 0.231. The molecule has 6 nitrogen and oxygen atoms in total. The maximum absolute atomic E-state index is 12.3. The summed E-state index contributed by atoms with van der Waals surface area (Å²) in [6, 6.07) is 23.8. The van der Waals surface area contributed by atoms with Gasteiger partial charge in [-0.1, -0.05) is 56.3 Å². The van der Waals surface area contributed by atoms with Crippen LogP contribution in [0.4, 0.5) is 0 Å². The summed E-state index contributed by atoms with van der Waals surface area (Å²) in [6.45, 7) is 5.05. The highest BCUT2D eigenvalue weighted by atomic mass is 16.5. The van der Waals surface area contributed by atoms with Gasteiger partial charge in [0.15, 0.2) is 5.76 Å². The van der Waals surface area contributed by atoms with Crippen LogP contribution in [0.5, 0.6) is 5.75 Å². The van der Waals surface area contributed by atoms with Gasteiger partial charge in [0.25, 0.3) is 5.91 Å². The number of furan rings is 1. The Kier molecular flexibility index (Phi) is 6.12. The molecule has 32 heavy (non-hydrogen) atoms. The molecule has 0 saturated heterocycles. The van der Waals surface area contributed by atoms with Crippen molar-refractivity contribution in [3.63, 3.8) is 0 Å². The molecule has 0 bridgehead atoms. The lowest BCUT2D eigenvalue weighted by Crippen LogP contribution is -2.23. The van der Waals surface area contributed by atoms with E-state index in [1.807, 2.05) is 31.3 Å². The number of hydrogen-bond donors (Lipinski definition) is 1. The quantitative estimate of drug-likeness (QED) is 0.435. The summed E-state index contributed by atoms with van der Waals surface area (Å²) in [6.07, 6.45) is 1.69. The Balaban J connectivity index is 1.33. The number of carbonyl (C=O) groups is 1. The number of aromatic nitrogens is 2. The molecule has 0 atom stereocenters. The minimum atomic E-state index is -0.273. The number of hydrogen-bond acceptors (Lipinski definition) is 4. The van der Waals surface area contributed by atoms with E-state index in [9.17, 15) is 4.79 Å². The molecule has 1 amide bonds. The van der Waals surface area contributed by atoms with E-state index in [0.717, 1.165) is 11.4 Å². The molecule has 164 valence electrons. The number of amides is 1. The van der Waals surface area contributed by atoms with Crippen molar-refractivity contribution in [1.29, 1.82) is 0 Å². The first-order valence-corrected chi connectivity index (χ1v) is 10.6. The Bertz CT molecular complexity index is 1170. The molecule has 0 radical (unpaired) electrons. The smallest absolute Gasteiger partial charge is 0.287 e. The summed E-state index contributed by atoms with van der Waals surface area (Å²) in [5.74, 6) is 1.32. The summed E-state index contributed by atoms with van der Waals surface area (Å²) >= 11 is 0. The molecular weight excluding hydrogens is 402 g/mol. The molecule has 0 spiro atoms. The Morgan fingerprint density at radius 3 is 2.41 bits per heavy atom. The normalized spacial score (nSPS) is 11.3. The molecule has 2 aromatic carbocycles. The van der Waals surface area contributed by atoms with Crippen LogP contribution < -0.4 is 10.1 Å². The molecule has 0 fully saturated rings. The standard InChI is InChI=1S/C26H27N3O3/c1-26(2,19-7-5-4-6-8-19)20-9-11-22(12-10-20)31-18-23-13-14-24(32-23)25(30)27-17-21-15-16-28-29(21)3/h4-16H,17-18H2,1-3H3,(H,27,30). The monoisotopic (exact) mass is 429 g/mol. The Morgan fingerprint density at radius 2 is 1.72 bits per heavy atom. The van der Waals surface area contributed by atoms with Gasteiger partial charge in [-0.25, -0.2) is 0 Å². The highest BCUT2D eigenvalue weighted by molar-refractivity contribution is 5.91. The van der Waals surface area contributed by atoms with Crippen molar-refractivity contribution in [3.8, 4) is 5.75 Å². The summed E-state index contributed by atoms with van der Waals surface area (Å²) in [5, 5.41) is 6.91. The maximum atomic E-state index is 12.3. The first-order valence-electron chi connectivity index (χ1n) is 10.6. The molecule has 2 heterocycles. The molecule has 4 aromatic rings. The van der Waals surface area contributed by atoms with Gasteiger partial charge in [0, 0.05) is 18.7 Å². The molecule has 6 heteroatoms. The fourth-order valence-corrected chi connectivity index (χ4v) is 3.55. The van der Waals surface area contributed by atoms with Crippen molar-refractivity contribution in [2.24, 2.45) is 7.05 Å². The first kappa shape index (κ1) is 21.4. The minimum absolute atomic E-state index is 0.0987. The minimum Gasteiger partial charge on any atom is -0.486 e. The second kappa shape index (κ2) is 9.14. The van der Waals surface area contributed by atoms with Crippen LogP contribution in [0.3, 0.4) is 0 Å². The fourth-order valence-electron chi connectivity index (χ4n) is 3.55. The Hall–Kier alpha value is -3.80. The van der Waals surface area contributed by atoms with Crippen LogP contribution in [0.2, 0.25) is 0 Å². The number of rotatable bonds is 8. The van der Waals surface area contributed by atoms with Crippen LogP contribution in [-0.2, 0) is 25.6 Å². The zero-order valence-electron chi connectivity index (χ0n) is 18.5. The zero-order valence-corrected chi connectivity index (χ0v) is 18.5. The Morgan fingerprint density at radius 1 is 1.00 bits per heavy atom. The van der Waals surface area contributed by atoms with Gasteiger partial charge in [-0.3, -0.25) is 9.48 Å². The van der Waals surface area contributed by atoms with Gasteiger partial charge in [-0.05, 0) is 41.5 Å². The van der Waals surface area contributed by atoms with Crippen molar-refractivity contribution in [2.75, 3.05) is 0 Å². The average Bonchev–Trinajstić information content (AvgIpc) is 3.46. The average molecular weight is 430 g/mol. The molecule has 2 aromatic heterocycles. The van der Waals surface area contributed by atoms with Gasteiger partial charge in [0.2, 0.25) is 0 Å². The molecule has 0 aliphatic carbocycles. The predicted molar refractivity (Wildman–Crippen MR) is 122 cm³/mol. The lowest BCUT2D eigenvalue weighted by atomic mass is 9.78. The van der Waals surface area contributed by atoms with Gasteiger partial charge in [0.1, 0.15) is 18.1 Å². The molecule has 4 rings (SSSR count). The van der Waals surface area contributed by atoms with E-state index in [2.05, 4.69) is 60.7 Å². The van der Waals surface area contributed by atoms with Crippen LogP contribution >= 0.6 is 0 Å². The lowest BCUT2D eigenvalue weighted by molar-refractivity contribution is 0.0918. The van der Waals surface area contributed by atoms with Crippen LogP contribution in [0.15, 0.2) is 83.4 Å². The molecule has 0 unspecified atom stereocenters. The van der Waals surface area contributed by atoms with Gasteiger partial charge in [-0.2, -0.15) is 5.10 Å². The summed E-state index contributed by atoms with van der Waals surface area (Å²) in [5.41, 5.74) is 3.28. The van der Waals surface area contributed by atoms with Crippen LogP contribution in [-0.4, -0.2) is 15.7 Å². The van der Waals surface area contributed by atoms with Crippen LogP contribution in [0, 0.1) is 0 Å². The van der Waals surface area contributed by atoms with Crippen LogP contribution in [0.1, 0.15) is 47.0 Å². The van der Waals surface area contributed by atoms with Crippen molar-refractivity contribution in [2.45, 2.75) is 32.4 Å². The van der Waals surface area contributed by atoms with E-state index in [1.165, 1.54) is 11.1 Å². The van der Waals surface area contributed by atoms with E-state index in [-0.39, 0.29) is 23.7 Å². The molecule has 0 saturated carbocycles. The number of aryl methyl sites for hydroxylation is 1. The highest BCUT2D eigenvalue weighted by Crippen LogP contribution is 2.32. The number of ether oxygens (including phenoxy) is 1. The number of benzene rings is 2. The van der Waals surface area contributed by atoms with Crippen molar-refractivity contribution >= 4 is 5.91 Å². The third kappa shape index (κ3) is 4.75. The SMILES string of the molecule is Cn1nccc1CNC(=O)c1ccc(COc2ccc(C(C)(C)c3ccccc3)cc2)o1. The van der Waals surface area contributed by atoms with E-state index in [0.29, 0.717) is 12.3 Å². The van der Waals surface area contributed by atoms with E-state index in [4.69, 9.17) is 9.15 Å². The maximum Gasteiger partial charge on any atom is 0.287 e. The highest BCUT2D eigenvalue weighted by Gasteiger charge is 2.22. The molecule has 1 N–H and O–H groups in total. The zero-order chi connectivity index (χ0) is 22.6. The summed E-state index contributed by atoms with van der Waals surface area (Å²) in [7, 11) is 1.83. The number of carbonyl (C=O) groups excluding carboxylic acids is 1. The second-order valence-electron chi connectivity index (χ2n) is 8.20. The van der Waals surface area contributed by atoms with Gasteiger partial charge < -0.3 is 14.5 Å². The predicted octanol–water partition coefficient (Wildman–Crippen LogP) is 4.85. The van der Waals surface area contributed by atoms with E-state index >= 15 is 0 Å². The third-order valence-electron chi connectivity index (χ3n) is 5.69. The second-order valence-corrected chi connectivity index (χ2v) is 8.20. The van der Waals surface area contributed by atoms with E-state index < -0.39 is 0 Å². The number of nitrogens with zero attached hydrogens (tertiary/aromatic N) is 2. The third-order valence-corrected chi connectivity index (χ3v) is 5.69.